The van der Waals surface area contributed by atoms with Crippen LogP contribution >= 0.6 is 11.3 Å². The van der Waals surface area contributed by atoms with Crippen molar-refractivity contribution in [2.75, 3.05) is 14.2 Å². The van der Waals surface area contributed by atoms with Crippen LogP contribution in [0.25, 0.3) is 0 Å². The topological polar surface area (TPSA) is 42.4 Å². The molecular weight excluding hydrogens is 272 g/mol. The second kappa shape index (κ2) is 6.22. The minimum Gasteiger partial charge on any atom is -0.369 e. The first kappa shape index (κ1) is 17.1. The number of ether oxygens (including phenoxy) is 1. The monoisotopic (exact) mass is 298 g/mol. The predicted octanol–water partition coefficient (Wildman–Crippen LogP) is 3.52. The number of nitrogens with zero attached hydrogens (tertiary/aromatic N) is 2. The highest BCUT2D eigenvalue weighted by Crippen LogP contribution is 2.32. The zero-order chi connectivity index (χ0) is 15.7. The lowest BCUT2D eigenvalue weighted by molar-refractivity contribution is -0.151. The van der Waals surface area contributed by atoms with Gasteiger partial charge >= 0.3 is 0 Å². The van der Waals surface area contributed by atoms with E-state index >= 15 is 0 Å². The Hall–Kier alpha value is -0.940. The van der Waals surface area contributed by atoms with Crippen LogP contribution in [0.1, 0.15) is 62.2 Å². The summed E-state index contributed by atoms with van der Waals surface area (Å²) in [6.45, 7) is 11.9. The number of carbonyl (C=O) groups excluding carboxylic acids is 1. The quantitative estimate of drug-likeness (QED) is 0.835. The fraction of sp³-hybridized carbons (Fsp3) is 0.733. The van der Waals surface area contributed by atoms with Crippen molar-refractivity contribution in [3.8, 4) is 0 Å². The summed E-state index contributed by atoms with van der Waals surface area (Å²) in [5.41, 5.74) is 0.212. The lowest BCUT2D eigenvalue weighted by atomic mass is 10.1. The molecule has 0 aromatic carbocycles. The summed E-state index contributed by atoms with van der Waals surface area (Å²) in [6.07, 6.45) is 0. The maximum Gasteiger partial charge on any atom is 0.254 e. The molecular formula is C15H26N2O2S. The number of methoxy groups -OCH3 is 1. The lowest BCUT2D eigenvalue weighted by Gasteiger charge is -2.32. The van der Waals surface area contributed by atoms with Crippen LogP contribution in [0.3, 0.4) is 0 Å². The molecule has 0 spiro atoms. The second-order valence-electron chi connectivity index (χ2n) is 5.96. The molecule has 0 aliphatic heterocycles. The van der Waals surface area contributed by atoms with Crippen LogP contribution in [-0.2, 0) is 9.53 Å². The van der Waals surface area contributed by atoms with Crippen molar-refractivity contribution < 1.29 is 9.53 Å². The summed E-state index contributed by atoms with van der Waals surface area (Å²) < 4.78 is 5.28. The smallest absolute Gasteiger partial charge is 0.254 e. The third kappa shape index (κ3) is 3.38. The van der Waals surface area contributed by atoms with E-state index < -0.39 is 5.60 Å². The van der Waals surface area contributed by atoms with Gasteiger partial charge in [0, 0.05) is 25.0 Å². The molecule has 1 rings (SSSR count). The van der Waals surface area contributed by atoms with Crippen molar-refractivity contribution in [1.29, 1.82) is 0 Å². The molecule has 0 N–H and O–H groups in total. The summed E-state index contributed by atoms with van der Waals surface area (Å²) in [5, 5.41) is 1.12. The van der Waals surface area contributed by atoms with Crippen LogP contribution in [-0.4, -0.2) is 35.5 Å². The molecule has 0 radical (unpaired) electrons. The van der Waals surface area contributed by atoms with Crippen molar-refractivity contribution in [2.45, 2.75) is 59.1 Å². The second-order valence-corrected chi connectivity index (χ2v) is 7.03. The fourth-order valence-electron chi connectivity index (χ4n) is 1.93. The van der Waals surface area contributed by atoms with E-state index in [9.17, 15) is 4.79 Å². The van der Waals surface area contributed by atoms with Gasteiger partial charge in [0.2, 0.25) is 0 Å². The Labute approximate surface area is 126 Å². The van der Waals surface area contributed by atoms with Gasteiger partial charge in [-0.1, -0.05) is 13.8 Å². The number of aryl methyl sites for hydroxylation is 1. The molecule has 0 aliphatic rings. The molecule has 1 heterocycles. The predicted molar refractivity (Wildman–Crippen MR) is 83.2 cm³/mol. The van der Waals surface area contributed by atoms with Crippen LogP contribution in [0.2, 0.25) is 0 Å². The molecule has 114 valence electrons. The minimum atomic E-state index is -0.803. The first-order valence-corrected chi connectivity index (χ1v) is 7.73. The summed E-state index contributed by atoms with van der Waals surface area (Å²) >= 11 is 1.69. The Morgan fingerprint density at radius 1 is 1.35 bits per heavy atom. The number of hydrogen-bond acceptors (Lipinski definition) is 4. The van der Waals surface area contributed by atoms with Crippen LogP contribution < -0.4 is 0 Å². The van der Waals surface area contributed by atoms with E-state index in [1.165, 1.54) is 0 Å². The van der Waals surface area contributed by atoms with Gasteiger partial charge in [0.05, 0.1) is 16.7 Å². The number of thiazole rings is 1. The molecule has 0 saturated heterocycles. The van der Waals surface area contributed by atoms with E-state index in [4.69, 9.17) is 4.74 Å². The molecule has 20 heavy (non-hydrogen) atoms. The Balaban J connectivity index is 3.00. The van der Waals surface area contributed by atoms with Crippen molar-refractivity contribution in [3.05, 3.63) is 15.6 Å². The van der Waals surface area contributed by atoms with Crippen LogP contribution in [0, 0.1) is 6.92 Å². The highest BCUT2D eigenvalue weighted by atomic mass is 32.1. The molecule has 1 atom stereocenters. The maximum absolute atomic E-state index is 12.4. The number of aromatic nitrogens is 1. The normalized spacial score (nSPS) is 13.7. The van der Waals surface area contributed by atoms with Gasteiger partial charge in [-0.3, -0.25) is 4.79 Å². The van der Waals surface area contributed by atoms with Crippen molar-refractivity contribution in [2.24, 2.45) is 0 Å². The van der Waals surface area contributed by atoms with Crippen molar-refractivity contribution >= 4 is 17.2 Å². The van der Waals surface area contributed by atoms with Gasteiger partial charge < -0.3 is 9.64 Å². The molecule has 1 aromatic rings. The number of likely N-dealkylation sites (N-methyl/N-ethyl adjacent to an activating group) is 1. The fourth-order valence-corrected chi connectivity index (χ4v) is 3.09. The Kier molecular flexibility index (Phi) is 5.33. The first-order chi connectivity index (χ1) is 9.11. The average Bonchev–Trinajstić information content (AvgIpc) is 2.78. The number of amides is 1. The summed E-state index contributed by atoms with van der Waals surface area (Å²) in [7, 11) is 3.38. The van der Waals surface area contributed by atoms with Gasteiger partial charge in [0.25, 0.3) is 5.91 Å². The molecule has 5 heteroatoms. The van der Waals surface area contributed by atoms with E-state index in [-0.39, 0.29) is 11.9 Å². The van der Waals surface area contributed by atoms with E-state index in [0.717, 1.165) is 15.6 Å². The Morgan fingerprint density at radius 3 is 2.30 bits per heavy atom. The van der Waals surface area contributed by atoms with Crippen molar-refractivity contribution in [3.63, 3.8) is 0 Å². The van der Waals surface area contributed by atoms with E-state index in [0.29, 0.717) is 5.92 Å². The number of carbonyl (C=O) groups is 1. The zero-order valence-electron chi connectivity index (χ0n) is 13.8. The van der Waals surface area contributed by atoms with Crippen molar-refractivity contribution in [1.82, 2.24) is 9.88 Å². The summed E-state index contributed by atoms with van der Waals surface area (Å²) in [6, 6.07) is 0.00178. The highest BCUT2D eigenvalue weighted by Gasteiger charge is 2.33. The van der Waals surface area contributed by atoms with Gasteiger partial charge in [-0.2, -0.15) is 0 Å². The first-order valence-electron chi connectivity index (χ1n) is 6.91. The standard InChI is InChI=1S/C15H26N2O2S/c1-9(2)13-16-10(3)12(20-13)11(4)17(7)14(18)15(5,6)19-8/h9,11H,1-8H3/t11-/m1/s1. The summed E-state index contributed by atoms with van der Waals surface area (Å²) in [4.78, 5) is 19.9. The summed E-state index contributed by atoms with van der Waals surface area (Å²) in [5.74, 6) is 0.391. The Morgan fingerprint density at radius 2 is 1.90 bits per heavy atom. The largest absolute Gasteiger partial charge is 0.369 e. The average molecular weight is 298 g/mol. The number of hydrogen-bond donors (Lipinski definition) is 0. The molecule has 1 aromatic heterocycles. The molecule has 0 bridgehead atoms. The van der Waals surface area contributed by atoms with Gasteiger partial charge in [0.15, 0.2) is 0 Å². The van der Waals surface area contributed by atoms with Crippen LogP contribution in [0.15, 0.2) is 0 Å². The molecule has 0 unspecified atom stereocenters. The third-order valence-corrected chi connectivity index (χ3v) is 5.28. The van der Waals surface area contributed by atoms with Crippen LogP contribution in [0.5, 0.6) is 0 Å². The van der Waals surface area contributed by atoms with E-state index in [2.05, 4.69) is 18.8 Å². The van der Waals surface area contributed by atoms with Gasteiger partial charge in [0.1, 0.15) is 5.60 Å². The third-order valence-electron chi connectivity index (χ3n) is 3.65. The highest BCUT2D eigenvalue weighted by molar-refractivity contribution is 7.11. The van der Waals surface area contributed by atoms with Gasteiger partial charge in [-0.05, 0) is 27.7 Å². The Bertz CT molecular complexity index is 480. The molecule has 4 nitrogen and oxygen atoms in total. The van der Waals surface area contributed by atoms with Gasteiger partial charge in [-0.15, -0.1) is 11.3 Å². The van der Waals surface area contributed by atoms with Gasteiger partial charge in [-0.25, -0.2) is 4.98 Å². The minimum absolute atomic E-state index is 0.00178. The number of rotatable bonds is 5. The maximum atomic E-state index is 12.4. The SMILES string of the molecule is COC(C)(C)C(=O)N(C)[C@H](C)c1sc(C(C)C)nc1C. The molecule has 1 amide bonds. The van der Waals surface area contributed by atoms with E-state index in [1.54, 1.807) is 37.2 Å². The lowest BCUT2D eigenvalue weighted by Crippen LogP contribution is -2.45. The van der Waals surface area contributed by atoms with E-state index in [1.807, 2.05) is 20.9 Å². The molecule has 0 aliphatic carbocycles. The molecule has 0 fully saturated rings. The molecule has 0 saturated carbocycles. The zero-order valence-corrected chi connectivity index (χ0v) is 14.6. The van der Waals surface area contributed by atoms with Crippen LogP contribution in [0.4, 0.5) is 0 Å².